The molecule has 2 rings (SSSR count). The number of halogens is 3. The molecule has 0 aliphatic rings. The molecule has 2 amide bonds. The van der Waals surface area contributed by atoms with Gasteiger partial charge in [-0.2, -0.15) is 13.2 Å². The van der Waals surface area contributed by atoms with Gasteiger partial charge in [0, 0.05) is 18.6 Å². The SMILES string of the molecule is CC(C)(C)N(C(=O)O)[C@@H](Cc1ccccc1)[C@H](O)CNC[C@@H](O)[C@H](Cc1ccccc1)NC(=O)C(O)C(F)(F)F. The fraction of sp³-hybridized carbons (Fsp3) is 0.500. The molecule has 0 aromatic heterocycles. The molecule has 6 N–H and O–H groups in total. The Labute approximate surface area is 231 Å². The largest absolute Gasteiger partial charge is 0.465 e. The molecule has 0 bridgehead atoms. The molecular weight excluding hydrogens is 531 g/mol. The van der Waals surface area contributed by atoms with Crippen LogP contribution in [0.1, 0.15) is 31.9 Å². The van der Waals surface area contributed by atoms with Crippen LogP contribution in [0.15, 0.2) is 60.7 Å². The summed E-state index contributed by atoms with van der Waals surface area (Å²) in [5.74, 6) is -1.70. The van der Waals surface area contributed by atoms with Crippen LogP contribution in [0.2, 0.25) is 0 Å². The van der Waals surface area contributed by atoms with Crippen molar-refractivity contribution in [1.82, 2.24) is 15.5 Å². The first kappa shape index (κ1) is 33.0. The molecule has 0 fully saturated rings. The molecule has 9 nitrogen and oxygen atoms in total. The van der Waals surface area contributed by atoms with E-state index in [4.69, 9.17) is 0 Å². The molecule has 2 aromatic carbocycles. The van der Waals surface area contributed by atoms with Gasteiger partial charge in [0.25, 0.3) is 5.91 Å². The van der Waals surface area contributed by atoms with E-state index in [2.05, 4.69) is 10.6 Å². The maximum absolute atomic E-state index is 12.8. The summed E-state index contributed by atoms with van der Waals surface area (Å²) in [6, 6.07) is 15.4. The van der Waals surface area contributed by atoms with E-state index in [1.165, 1.54) is 4.90 Å². The molecule has 0 spiro atoms. The highest BCUT2D eigenvalue weighted by Crippen LogP contribution is 2.23. The van der Waals surface area contributed by atoms with Crippen LogP contribution in [0, 0.1) is 0 Å². The van der Waals surface area contributed by atoms with Gasteiger partial charge in [-0.05, 0) is 44.7 Å². The molecule has 0 heterocycles. The number of hydrogen-bond donors (Lipinski definition) is 6. The second-order valence-electron chi connectivity index (χ2n) is 10.6. The van der Waals surface area contributed by atoms with E-state index in [-0.39, 0.29) is 25.9 Å². The van der Waals surface area contributed by atoms with Gasteiger partial charge >= 0.3 is 12.3 Å². The van der Waals surface area contributed by atoms with E-state index in [1.54, 1.807) is 63.2 Å². The molecule has 0 radical (unpaired) electrons. The third-order valence-corrected chi connectivity index (χ3v) is 6.35. The van der Waals surface area contributed by atoms with Crippen LogP contribution in [-0.4, -0.2) is 92.5 Å². The highest BCUT2D eigenvalue weighted by atomic mass is 19.4. The topological polar surface area (TPSA) is 142 Å². The van der Waals surface area contributed by atoms with Crippen molar-refractivity contribution < 1.29 is 43.2 Å². The van der Waals surface area contributed by atoms with Gasteiger partial charge in [-0.3, -0.25) is 9.69 Å². The van der Waals surface area contributed by atoms with Crippen molar-refractivity contribution in [2.45, 2.75) is 75.7 Å². The lowest BCUT2D eigenvalue weighted by Gasteiger charge is -2.42. The van der Waals surface area contributed by atoms with Crippen molar-refractivity contribution >= 4 is 12.0 Å². The Morgan fingerprint density at radius 1 is 0.825 bits per heavy atom. The van der Waals surface area contributed by atoms with Gasteiger partial charge in [0.1, 0.15) is 0 Å². The number of hydrogen-bond acceptors (Lipinski definition) is 6. The minimum absolute atomic E-state index is 0.0317. The quantitative estimate of drug-likeness (QED) is 0.217. The Morgan fingerprint density at radius 2 is 1.30 bits per heavy atom. The van der Waals surface area contributed by atoms with Crippen molar-refractivity contribution in [3.63, 3.8) is 0 Å². The molecule has 1 unspecified atom stereocenters. The van der Waals surface area contributed by atoms with Gasteiger partial charge in [-0.1, -0.05) is 60.7 Å². The first-order chi connectivity index (χ1) is 18.6. The van der Waals surface area contributed by atoms with Crippen LogP contribution in [-0.2, 0) is 17.6 Å². The Kier molecular flexibility index (Phi) is 11.9. The molecule has 12 heteroatoms. The predicted octanol–water partition coefficient (Wildman–Crippen LogP) is 2.34. The third kappa shape index (κ3) is 10.1. The number of carbonyl (C=O) groups excluding carboxylic acids is 1. The highest BCUT2D eigenvalue weighted by Gasteiger charge is 2.44. The number of rotatable bonds is 13. The van der Waals surface area contributed by atoms with Crippen LogP contribution in [0.3, 0.4) is 0 Å². The average molecular weight is 570 g/mol. The van der Waals surface area contributed by atoms with Crippen LogP contribution < -0.4 is 10.6 Å². The molecular formula is C28H38F3N3O6. The van der Waals surface area contributed by atoms with E-state index in [0.29, 0.717) is 5.56 Å². The Morgan fingerprint density at radius 3 is 1.75 bits per heavy atom. The molecule has 0 saturated carbocycles. The van der Waals surface area contributed by atoms with E-state index in [0.717, 1.165) is 5.56 Å². The van der Waals surface area contributed by atoms with E-state index in [9.17, 15) is 43.2 Å². The van der Waals surface area contributed by atoms with E-state index >= 15 is 0 Å². The van der Waals surface area contributed by atoms with Crippen molar-refractivity contribution in [2.24, 2.45) is 0 Å². The Hall–Kier alpha value is -3.19. The summed E-state index contributed by atoms with van der Waals surface area (Å²) >= 11 is 0. The van der Waals surface area contributed by atoms with Crippen molar-refractivity contribution in [3.8, 4) is 0 Å². The molecule has 2 aromatic rings. The van der Waals surface area contributed by atoms with Gasteiger partial charge < -0.3 is 31.1 Å². The van der Waals surface area contributed by atoms with Gasteiger partial charge in [0.2, 0.25) is 6.10 Å². The van der Waals surface area contributed by atoms with Crippen LogP contribution in [0.25, 0.3) is 0 Å². The fourth-order valence-electron chi connectivity index (χ4n) is 4.40. The summed E-state index contributed by atoms with van der Waals surface area (Å²) in [6.45, 7) is 4.70. The second-order valence-corrected chi connectivity index (χ2v) is 10.6. The maximum Gasteiger partial charge on any atom is 0.423 e. The van der Waals surface area contributed by atoms with Crippen LogP contribution in [0.4, 0.5) is 18.0 Å². The number of alkyl halides is 3. The molecule has 222 valence electrons. The fourth-order valence-corrected chi connectivity index (χ4v) is 4.40. The summed E-state index contributed by atoms with van der Waals surface area (Å²) in [7, 11) is 0. The van der Waals surface area contributed by atoms with Crippen LogP contribution in [0.5, 0.6) is 0 Å². The number of aliphatic hydroxyl groups is 3. The lowest BCUT2D eigenvalue weighted by atomic mass is 9.94. The minimum Gasteiger partial charge on any atom is -0.465 e. The van der Waals surface area contributed by atoms with E-state index < -0.39 is 54.1 Å². The lowest BCUT2D eigenvalue weighted by molar-refractivity contribution is -0.205. The summed E-state index contributed by atoms with van der Waals surface area (Å²) in [5, 5.41) is 46.0. The summed E-state index contributed by atoms with van der Waals surface area (Å²) in [5.41, 5.74) is 0.574. The number of nitrogens with zero attached hydrogens (tertiary/aromatic N) is 1. The summed E-state index contributed by atoms with van der Waals surface area (Å²) in [4.78, 5) is 25.4. The Bertz CT molecular complexity index is 1070. The normalized spacial score (nSPS) is 15.9. The Balaban J connectivity index is 2.15. The molecule has 0 aliphatic carbocycles. The summed E-state index contributed by atoms with van der Waals surface area (Å²) < 4.78 is 38.5. The highest BCUT2D eigenvalue weighted by molar-refractivity contribution is 5.81. The zero-order valence-corrected chi connectivity index (χ0v) is 22.7. The zero-order chi connectivity index (χ0) is 30.1. The zero-order valence-electron chi connectivity index (χ0n) is 22.7. The average Bonchev–Trinajstić information content (AvgIpc) is 2.86. The van der Waals surface area contributed by atoms with E-state index in [1.807, 2.05) is 18.2 Å². The number of carbonyl (C=O) groups is 2. The van der Waals surface area contributed by atoms with Crippen molar-refractivity contribution in [2.75, 3.05) is 13.1 Å². The molecule has 0 saturated heterocycles. The van der Waals surface area contributed by atoms with Crippen molar-refractivity contribution in [3.05, 3.63) is 71.8 Å². The predicted molar refractivity (Wildman–Crippen MR) is 143 cm³/mol. The number of benzene rings is 2. The standard InChI is InChI=1S/C28H38F3N3O6/c1-27(2,3)34(26(39)40)21(15-19-12-8-5-9-13-19)23(36)17-32-16-22(35)20(14-18-10-6-4-7-11-18)33-25(38)24(37)28(29,30)31/h4-13,20-24,32,35-37H,14-17H2,1-3H3,(H,33,38)(H,39,40)/t20-,21-,22+,23+,24?/m0/s1. The first-order valence-corrected chi connectivity index (χ1v) is 12.8. The van der Waals surface area contributed by atoms with Crippen molar-refractivity contribution in [1.29, 1.82) is 0 Å². The lowest BCUT2D eigenvalue weighted by Crippen LogP contribution is -2.58. The van der Waals surface area contributed by atoms with Crippen LogP contribution >= 0.6 is 0 Å². The summed E-state index contributed by atoms with van der Waals surface area (Å²) in [6.07, 6.45) is -12.1. The van der Waals surface area contributed by atoms with Gasteiger partial charge in [0.05, 0.1) is 24.3 Å². The molecule has 40 heavy (non-hydrogen) atoms. The number of amides is 2. The molecule has 5 atom stereocenters. The number of nitrogens with one attached hydrogen (secondary N) is 2. The maximum atomic E-state index is 12.8. The van der Waals surface area contributed by atoms with Gasteiger partial charge in [-0.25, -0.2) is 4.79 Å². The smallest absolute Gasteiger partial charge is 0.423 e. The number of carboxylic acid groups (broad SMARTS) is 1. The van der Waals surface area contributed by atoms with Gasteiger partial charge in [-0.15, -0.1) is 0 Å². The monoisotopic (exact) mass is 569 g/mol. The minimum atomic E-state index is -5.18. The first-order valence-electron chi connectivity index (χ1n) is 12.8. The van der Waals surface area contributed by atoms with Gasteiger partial charge in [0.15, 0.2) is 0 Å². The number of aliphatic hydroxyl groups excluding tert-OH is 3. The second kappa shape index (κ2) is 14.4. The molecule has 0 aliphatic heterocycles. The third-order valence-electron chi connectivity index (χ3n) is 6.35.